The van der Waals surface area contributed by atoms with Gasteiger partial charge in [-0.05, 0) is 77.4 Å². The monoisotopic (exact) mass is 565 g/mol. The molecule has 0 saturated carbocycles. The van der Waals surface area contributed by atoms with Gasteiger partial charge in [-0.2, -0.15) is 11.8 Å². The predicted molar refractivity (Wildman–Crippen MR) is 155 cm³/mol. The first-order valence-electron chi connectivity index (χ1n) is 13.4. The number of alkyl carbamates (subject to hydrolysis) is 1. The van der Waals surface area contributed by atoms with E-state index in [9.17, 15) is 19.2 Å². The van der Waals surface area contributed by atoms with Crippen LogP contribution in [0.1, 0.15) is 78.0 Å². The molecule has 0 heterocycles. The van der Waals surface area contributed by atoms with Crippen molar-refractivity contribution in [3.8, 4) is 0 Å². The molecule has 1 rings (SSSR count). The Bertz CT molecular complexity index is 945. The lowest BCUT2D eigenvalue weighted by molar-refractivity contribution is -0.146. The lowest BCUT2D eigenvalue weighted by Gasteiger charge is -2.39. The molecule has 0 aliphatic rings. The van der Waals surface area contributed by atoms with Crippen LogP contribution in [-0.4, -0.2) is 72.1 Å². The number of methoxy groups -OCH3 is 1. The number of hydrogen-bond donors (Lipinski definition) is 2. The molecular weight excluding hydrogens is 518 g/mol. The van der Waals surface area contributed by atoms with Crippen molar-refractivity contribution in [3.05, 3.63) is 35.4 Å². The molecule has 3 atom stereocenters. The summed E-state index contributed by atoms with van der Waals surface area (Å²) in [6.45, 7) is 13.0. The molecule has 9 nitrogen and oxygen atoms in total. The molecule has 0 radical (unpaired) electrons. The largest absolute Gasteiger partial charge is 0.468 e. The van der Waals surface area contributed by atoms with Gasteiger partial charge < -0.3 is 25.0 Å². The number of nitrogens with zero attached hydrogens (tertiary/aromatic N) is 1. The maximum atomic E-state index is 14.3. The fraction of sp³-hybridized carbons (Fsp3) is 0.655. The first-order valence-corrected chi connectivity index (χ1v) is 14.8. The lowest BCUT2D eigenvalue weighted by Crippen LogP contribution is -2.56. The number of amides is 3. The van der Waals surface area contributed by atoms with Crippen molar-refractivity contribution < 1.29 is 28.7 Å². The third-order valence-electron chi connectivity index (χ3n) is 6.05. The van der Waals surface area contributed by atoms with Gasteiger partial charge in [-0.1, -0.05) is 43.7 Å². The van der Waals surface area contributed by atoms with Gasteiger partial charge in [0, 0.05) is 6.04 Å². The quantitative estimate of drug-likeness (QED) is 0.316. The van der Waals surface area contributed by atoms with E-state index in [2.05, 4.69) is 24.5 Å². The molecule has 3 amide bonds. The summed E-state index contributed by atoms with van der Waals surface area (Å²) < 4.78 is 10.1. The van der Waals surface area contributed by atoms with E-state index in [1.807, 2.05) is 44.4 Å². The highest BCUT2D eigenvalue weighted by Crippen LogP contribution is 2.28. The van der Waals surface area contributed by atoms with Crippen LogP contribution < -0.4 is 10.6 Å². The van der Waals surface area contributed by atoms with Crippen molar-refractivity contribution in [2.75, 3.05) is 25.7 Å². The fourth-order valence-electron chi connectivity index (χ4n) is 3.95. The smallest absolute Gasteiger partial charge is 0.408 e. The van der Waals surface area contributed by atoms with Gasteiger partial charge in [0.15, 0.2) is 0 Å². The third kappa shape index (κ3) is 12.3. The number of rotatable bonds is 14. The van der Waals surface area contributed by atoms with Crippen molar-refractivity contribution in [1.29, 1.82) is 0 Å². The Hall–Kier alpha value is -2.75. The zero-order valence-electron chi connectivity index (χ0n) is 25.0. The van der Waals surface area contributed by atoms with Crippen molar-refractivity contribution >= 4 is 35.6 Å². The van der Waals surface area contributed by atoms with Crippen molar-refractivity contribution in [1.82, 2.24) is 15.5 Å². The van der Waals surface area contributed by atoms with E-state index in [1.165, 1.54) is 7.11 Å². The Morgan fingerprint density at radius 2 is 1.62 bits per heavy atom. The highest BCUT2D eigenvalue weighted by molar-refractivity contribution is 7.98. The van der Waals surface area contributed by atoms with Gasteiger partial charge in [-0.25, -0.2) is 4.79 Å². The molecule has 3 unspecified atom stereocenters. The zero-order valence-corrected chi connectivity index (χ0v) is 25.8. The van der Waals surface area contributed by atoms with Crippen LogP contribution in [0.15, 0.2) is 24.3 Å². The van der Waals surface area contributed by atoms with Crippen molar-refractivity contribution in [2.45, 2.75) is 91.5 Å². The summed E-state index contributed by atoms with van der Waals surface area (Å²) in [4.78, 5) is 54.0. The molecule has 0 spiro atoms. The lowest BCUT2D eigenvalue weighted by atomic mass is 9.96. The SMILES string of the molecule is COC(=O)CNC(=O)C(c1ccc(C)cc1)N(C(=O)C(CCSC)NC(=O)OC(C)(C)C)C(C)CCC(C)C. The van der Waals surface area contributed by atoms with E-state index in [0.717, 1.165) is 12.0 Å². The van der Waals surface area contributed by atoms with E-state index >= 15 is 0 Å². The summed E-state index contributed by atoms with van der Waals surface area (Å²) in [5.41, 5.74) is 0.871. The second-order valence-corrected chi connectivity index (χ2v) is 12.1. The Balaban J connectivity index is 3.57. The number of hydrogen-bond acceptors (Lipinski definition) is 7. The fourth-order valence-corrected chi connectivity index (χ4v) is 4.42. The van der Waals surface area contributed by atoms with Crippen LogP contribution in [-0.2, 0) is 23.9 Å². The van der Waals surface area contributed by atoms with E-state index < -0.39 is 35.7 Å². The zero-order chi connectivity index (χ0) is 29.8. The van der Waals surface area contributed by atoms with Crippen LogP contribution >= 0.6 is 11.8 Å². The maximum absolute atomic E-state index is 14.3. The molecule has 0 fully saturated rings. The molecule has 2 N–H and O–H groups in total. The summed E-state index contributed by atoms with van der Waals surface area (Å²) in [7, 11) is 1.24. The van der Waals surface area contributed by atoms with Crippen LogP contribution in [0.4, 0.5) is 4.79 Å². The molecule has 0 aliphatic heterocycles. The number of nitrogens with one attached hydrogen (secondary N) is 2. The average Bonchev–Trinajstić information content (AvgIpc) is 2.85. The number of esters is 1. The Morgan fingerprint density at radius 1 is 1.00 bits per heavy atom. The van der Waals surface area contributed by atoms with Gasteiger partial charge >= 0.3 is 12.1 Å². The number of ether oxygens (including phenoxy) is 2. The standard InChI is InChI=1S/C29H47N3O6S/c1-19(2)10-13-21(4)32(27(35)23(16-17-39-9)31-28(36)38-29(5,6)7)25(22-14-11-20(3)12-15-22)26(34)30-18-24(33)37-8/h11-12,14-15,19,21,23,25H,10,13,16-18H2,1-9H3,(H,30,34)(H,31,36). The van der Waals surface area contributed by atoms with Gasteiger partial charge in [0.1, 0.15) is 24.2 Å². The van der Waals surface area contributed by atoms with Gasteiger partial charge in [-0.15, -0.1) is 0 Å². The second kappa shape index (κ2) is 16.4. The summed E-state index contributed by atoms with van der Waals surface area (Å²) in [5.74, 6) is -0.479. The second-order valence-electron chi connectivity index (χ2n) is 11.2. The first kappa shape index (κ1) is 34.3. The molecule has 220 valence electrons. The van der Waals surface area contributed by atoms with Crippen LogP contribution in [0.2, 0.25) is 0 Å². The molecule has 10 heteroatoms. The summed E-state index contributed by atoms with van der Waals surface area (Å²) in [5, 5.41) is 5.38. The maximum Gasteiger partial charge on any atom is 0.408 e. The first-order chi connectivity index (χ1) is 18.2. The minimum absolute atomic E-state index is 0.327. The number of carbonyl (C=O) groups is 4. The van der Waals surface area contributed by atoms with Crippen molar-refractivity contribution in [3.63, 3.8) is 0 Å². The highest BCUT2D eigenvalue weighted by atomic mass is 32.2. The Morgan fingerprint density at radius 3 is 2.13 bits per heavy atom. The molecule has 0 bridgehead atoms. The van der Waals surface area contributed by atoms with E-state index in [1.54, 1.807) is 37.4 Å². The molecule has 1 aromatic rings. The Labute approximate surface area is 238 Å². The number of carbonyl (C=O) groups excluding carboxylic acids is 4. The van der Waals surface area contributed by atoms with E-state index in [4.69, 9.17) is 9.47 Å². The average molecular weight is 566 g/mol. The number of aryl methyl sites for hydroxylation is 1. The normalized spacial score (nSPS) is 13.7. The number of benzene rings is 1. The third-order valence-corrected chi connectivity index (χ3v) is 6.69. The van der Waals surface area contributed by atoms with Crippen LogP contribution in [0.3, 0.4) is 0 Å². The van der Waals surface area contributed by atoms with Gasteiger partial charge in [0.2, 0.25) is 11.8 Å². The molecular formula is C29H47N3O6S. The summed E-state index contributed by atoms with van der Waals surface area (Å²) >= 11 is 1.55. The van der Waals surface area contributed by atoms with E-state index in [-0.39, 0.29) is 18.5 Å². The highest BCUT2D eigenvalue weighted by Gasteiger charge is 2.38. The van der Waals surface area contributed by atoms with Crippen molar-refractivity contribution in [2.24, 2.45) is 5.92 Å². The summed E-state index contributed by atoms with van der Waals surface area (Å²) in [6, 6.07) is 5.10. The topological polar surface area (TPSA) is 114 Å². The molecule has 1 aromatic carbocycles. The summed E-state index contributed by atoms with van der Waals surface area (Å²) in [6.07, 6.45) is 3.07. The van der Waals surface area contributed by atoms with Gasteiger partial charge in [0.05, 0.1) is 7.11 Å². The van der Waals surface area contributed by atoms with Crippen LogP contribution in [0.5, 0.6) is 0 Å². The molecule has 0 aromatic heterocycles. The van der Waals surface area contributed by atoms with Crippen LogP contribution in [0.25, 0.3) is 0 Å². The minimum Gasteiger partial charge on any atom is -0.468 e. The van der Waals surface area contributed by atoms with Gasteiger partial charge in [-0.3, -0.25) is 14.4 Å². The predicted octanol–water partition coefficient (Wildman–Crippen LogP) is 4.63. The van der Waals surface area contributed by atoms with Gasteiger partial charge in [0.25, 0.3) is 0 Å². The Kier molecular flexibility index (Phi) is 14.4. The van der Waals surface area contributed by atoms with E-state index in [0.29, 0.717) is 30.1 Å². The number of thioether (sulfide) groups is 1. The molecule has 39 heavy (non-hydrogen) atoms. The minimum atomic E-state index is -1.03. The van der Waals surface area contributed by atoms with Crippen LogP contribution in [0, 0.1) is 12.8 Å². The molecule has 0 saturated heterocycles. The molecule has 0 aliphatic carbocycles.